The number of aliphatic carboxylic acids is 1. The highest BCUT2D eigenvalue weighted by atomic mass is 16.5. The predicted molar refractivity (Wildman–Crippen MR) is 94.1 cm³/mol. The molecule has 2 aliphatic carbocycles. The highest BCUT2D eigenvalue weighted by molar-refractivity contribution is 5.75. The molecule has 25 heavy (non-hydrogen) atoms. The first kappa shape index (κ1) is 19.1. The third kappa shape index (κ3) is 2.65. The molecular formula is C20H34O5. The quantitative estimate of drug-likeness (QED) is 0.725. The molecule has 0 aromatic heterocycles. The Morgan fingerprint density at radius 2 is 1.72 bits per heavy atom. The van der Waals surface area contributed by atoms with Crippen molar-refractivity contribution < 1.29 is 24.9 Å². The normalized spacial score (nSPS) is 51.3. The monoisotopic (exact) mass is 354 g/mol. The van der Waals surface area contributed by atoms with Crippen LogP contribution in [0.15, 0.2) is 0 Å². The number of carboxylic acid groups (broad SMARTS) is 1. The van der Waals surface area contributed by atoms with E-state index in [-0.39, 0.29) is 29.5 Å². The van der Waals surface area contributed by atoms with E-state index in [2.05, 4.69) is 13.8 Å². The van der Waals surface area contributed by atoms with E-state index >= 15 is 0 Å². The molecule has 5 heteroatoms. The lowest BCUT2D eigenvalue weighted by Crippen LogP contribution is -2.65. The van der Waals surface area contributed by atoms with Gasteiger partial charge in [0.1, 0.15) is 6.10 Å². The second-order valence-electron chi connectivity index (χ2n) is 9.69. The van der Waals surface area contributed by atoms with Crippen molar-refractivity contribution in [2.24, 2.45) is 22.7 Å². The molecule has 3 N–H and O–H groups in total. The molecular weight excluding hydrogens is 320 g/mol. The molecule has 144 valence electrons. The van der Waals surface area contributed by atoms with E-state index in [1.54, 1.807) is 0 Å². The molecule has 0 radical (unpaired) electrons. The zero-order valence-corrected chi connectivity index (χ0v) is 16.0. The molecule has 1 heterocycles. The molecule has 0 amide bonds. The molecule has 0 unspecified atom stereocenters. The van der Waals surface area contributed by atoms with Gasteiger partial charge in [-0.1, -0.05) is 13.3 Å². The van der Waals surface area contributed by atoms with Gasteiger partial charge < -0.3 is 20.1 Å². The highest BCUT2D eigenvalue weighted by Gasteiger charge is 2.64. The summed E-state index contributed by atoms with van der Waals surface area (Å²) < 4.78 is 6.50. The van der Waals surface area contributed by atoms with Crippen LogP contribution in [0.3, 0.4) is 0 Å². The molecule has 1 saturated heterocycles. The van der Waals surface area contributed by atoms with Gasteiger partial charge in [-0.3, -0.25) is 4.79 Å². The third-order valence-electron chi connectivity index (χ3n) is 8.20. The predicted octanol–water partition coefficient (Wildman–Crippen LogP) is 2.97. The average molecular weight is 354 g/mol. The van der Waals surface area contributed by atoms with Gasteiger partial charge in [-0.05, 0) is 76.5 Å². The summed E-state index contributed by atoms with van der Waals surface area (Å²) in [6.45, 7) is 7.94. The van der Waals surface area contributed by atoms with Crippen LogP contribution in [0.25, 0.3) is 0 Å². The van der Waals surface area contributed by atoms with Crippen molar-refractivity contribution in [3.05, 3.63) is 0 Å². The average Bonchev–Trinajstić information content (AvgIpc) is 2.52. The summed E-state index contributed by atoms with van der Waals surface area (Å²) in [5.74, 6) is -0.207. The zero-order chi connectivity index (χ0) is 18.7. The smallest absolute Gasteiger partial charge is 0.309 e. The molecule has 0 bridgehead atoms. The Labute approximate surface area is 150 Å². The van der Waals surface area contributed by atoms with Crippen LogP contribution in [0.4, 0.5) is 0 Å². The van der Waals surface area contributed by atoms with Crippen LogP contribution >= 0.6 is 0 Å². The minimum Gasteiger partial charge on any atom is -0.481 e. The molecule has 2 saturated carbocycles. The number of hydrogen-bond acceptors (Lipinski definition) is 4. The van der Waals surface area contributed by atoms with Gasteiger partial charge in [0.15, 0.2) is 0 Å². The summed E-state index contributed by atoms with van der Waals surface area (Å²) in [4.78, 5) is 12.1. The van der Waals surface area contributed by atoms with E-state index in [0.29, 0.717) is 6.42 Å². The van der Waals surface area contributed by atoms with E-state index in [0.717, 1.165) is 38.5 Å². The standard InChI is InChI=1S/C20H34O5/c1-17-8-5-9-18(2,16(23)24)13(17)6-10-19(3)14(17)7-11-20(4,25-19)15(22)12-21/h13-15,21-22H,5-12H2,1-4H3,(H,23,24)/t13-,14-,15+,17+,18+,19-,20-/m1/s1. The van der Waals surface area contributed by atoms with Gasteiger partial charge >= 0.3 is 5.97 Å². The minimum atomic E-state index is -0.883. The molecule has 0 aromatic rings. The summed E-state index contributed by atoms with van der Waals surface area (Å²) in [5, 5.41) is 29.6. The van der Waals surface area contributed by atoms with Gasteiger partial charge in [0.2, 0.25) is 0 Å². The van der Waals surface area contributed by atoms with Gasteiger partial charge in [0.05, 0.1) is 23.2 Å². The SMILES string of the molecule is C[C@]12CCC[C@](C)(C(=O)O)[C@@H]1CC[C@@]1(C)O[C@@](C)([C@@H](O)CO)CC[C@H]21. The molecule has 5 nitrogen and oxygen atoms in total. The summed E-state index contributed by atoms with van der Waals surface area (Å²) in [6.07, 6.45) is 5.13. The molecule has 3 aliphatic rings. The summed E-state index contributed by atoms with van der Waals surface area (Å²) >= 11 is 0. The summed E-state index contributed by atoms with van der Waals surface area (Å²) in [6, 6.07) is 0. The second kappa shape index (κ2) is 5.93. The van der Waals surface area contributed by atoms with Gasteiger partial charge in [0.25, 0.3) is 0 Å². The molecule has 3 fully saturated rings. The molecule has 0 aromatic carbocycles. The molecule has 7 atom stereocenters. The van der Waals surface area contributed by atoms with E-state index < -0.39 is 23.1 Å². The highest BCUT2D eigenvalue weighted by Crippen LogP contribution is 2.65. The zero-order valence-electron chi connectivity index (χ0n) is 16.0. The number of carbonyl (C=O) groups is 1. The lowest BCUT2D eigenvalue weighted by molar-refractivity contribution is -0.288. The Morgan fingerprint density at radius 3 is 2.32 bits per heavy atom. The number of rotatable bonds is 3. The lowest BCUT2D eigenvalue weighted by atomic mass is 9.44. The minimum absolute atomic E-state index is 0.0517. The van der Waals surface area contributed by atoms with Crippen molar-refractivity contribution in [2.45, 2.75) is 89.9 Å². The topological polar surface area (TPSA) is 87.0 Å². The van der Waals surface area contributed by atoms with Crippen molar-refractivity contribution >= 4 is 5.97 Å². The summed E-state index contributed by atoms with van der Waals surface area (Å²) in [7, 11) is 0. The second-order valence-corrected chi connectivity index (χ2v) is 9.69. The Balaban J connectivity index is 1.93. The Kier molecular flexibility index (Phi) is 4.54. The van der Waals surface area contributed by atoms with Gasteiger partial charge in [0, 0.05) is 0 Å². The van der Waals surface area contributed by atoms with Crippen LogP contribution in [0.5, 0.6) is 0 Å². The first-order chi connectivity index (χ1) is 11.5. The number of aliphatic hydroxyl groups excluding tert-OH is 2. The number of aliphatic hydroxyl groups is 2. The number of ether oxygens (including phenoxy) is 1. The van der Waals surface area contributed by atoms with Crippen molar-refractivity contribution in [2.75, 3.05) is 6.61 Å². The van der Waals surface area contributed by atoms with E-state index in [9.17, 15) is 20.1 Å². The van der Waals surface area contributed by atoms with Crippen LogP contribution < -0.4 is 0 Å². The largest absolute Gasteiger partial charge is 0.481 e. The van der Waals surface area contributed by atoms with Gasteiger partial charge in [-0.2, -0.15) is 0 Å². The maximum Gasteiger partial charge on any atom is 0.309 e. The fourth-order valence-electron chi connectivity index (χ4n) is 6.74. The van der Waals surface area contributed by atoms with Crippen LogP contribution in [0.2, 0.25) is 0 Å². The number of carboxylic acids is 1. The van der Waals surface area contributed by atoms with Gasteiger partial charge in [-0.15, -0.1) is 0 Å². The van der Waals surface area contributed by atoms with E-state index in [4.69, 9.17) is 4.74 Å². The number of fused-ring (bicyclic) bond motifs is 3. The van der Waals surface area contributed by atoms with Crippen LogP contribution in [-0.2, 0) is 9.53 Å². The Bertz CT molecular complexity index is 550. The van der Waals surface area contributed by atoms with Crippen LogP contribution in [0, 0.1) is 22.7 Å². The maximum absolute atomic E-state index is 12.1. The summed E-state index contributed by atoms with van der Waals surface area (Å²) in [5.41, 5.74) is -1.80. The number of hydrogen-bond donors (Lipinski definition) is 3. The van der Waals surface area contributed by atoms with Crippen molar-refractivity contribution in [1.82, 2.24) is 0 Å². The van der Waals surface area contributed by atoms with Crippen molar-refractivity contribution in [1.29, 1.82) is 0 Å². The van der Waals surface area contributed by atoms with Crippen molar-refractivity contribution in [3.63, 3.8) is 0 Å². The molecule has 3 rings (SSSR count). The lowest BCUT2D eigenvalue weighted by Gasteiger charge is -2.65. The van der Waals surface area contributed by atoms with E-state index in [1.807, 2.05) is 13.8 Å². The molecule has 1 aliphatic heterocycles. The fourth-order valence-corrected chi connectivity index (χ4v) is 6.74. The van der Waals surface area contributed by atoms with Crippen LogP contribution in [0.1, 0.15) is 72.6 Å². The molecule has 0 spiro atoms. The third-order valence-corrected chi connectivity index (χ3v) is 8.20. The fraction of sp³-hybridized carbons (Fsp3) is 0.950. The maximum atomic E-state index is 12.1. The van der Waals surface area contributed by atoms with Crippen LogP contribution in [-0.4, -0.2) is 45.2 Å². The van der Waals surface area contributed by atoms with Gasteiger partial charge in [-0.25, -0.2) is 0 Å². The van der Waals surface area contributed by atoms with Crippen molar-refractivity contribution in [3.8, 4) is 0 Å². The van der Waals surface area contributed by atoms with E-state index in [1.165, 1.54) is 0 Å². The Hall–Kier alpha value is -0.650. The first-order valence-corrected chi connectivity index (χ1v) is 9.74. The Morgan fingerprint density at radius 1 is 1.08 bits per heavy atom. The first-order valence-electron chi connectivity index (χ1n) is 9.74.